The third-order valence-electron chi connectivity index (χ3n) is 6.97. The lowest BCUT2D eigenvalue weighted by Gasteiger charge is -2.19. The Morgan fingerprint density at radius 1 is 0.950 bits per heavy atom. The topological polar surface area (TPSA) is 73.7 Å². The lowest BCUT2D eigenvalue weighted by molar-refractivity contribution is 0.0858. The van der Waals surface area contributed by atoms with E-state index < -0.39 is 29.7 Å². The number of carbonyl (C=O) groups is 1. The van der Waals surface area contributed by atoms with Gasteiger partial charge in [0.05, 0.1) is 23.5 Å². The van der Waals surface area contributed by atoms with Gasteiger partial charge in [0.25, 0.3) is 5.91 Å². The van der Waals surface area contributed by atoms with E-state index in [4.69, 9.17) is 0 Å². The molecule has 1 aliphatic rings. The Kier molecular flexibility index (Phi) is 7.98. The van der Waals surface area contributed by atoms with Crippen molar-refractivity contribution >= 4 is 17.4 Å². The second-order valence-electron chi connectivity index (χ2n) is 9.78. The zero-order valence-corrected chi connectivity index (χ0v) is 21.8. The highest BCUT2D eigenvalue weighted by molar-refractivity contribution is 5.95. The molecule has 0 radical (unpaired) electrons. The zero-order valence-electron chi connectivity index (χ0n) is 21.8. The van der Waals surface area contributed by atoms with Gasteiger partial charge in [0.2, 0.25) is 0 Å². The summed E-state index contributed by atoms with van der Waals surface area (Å²) in [7, 11) is 0. The third kappa shape index (κ3) is 6.07. The highest BCUT2D eigenvalue weighted by Crippen LogP contribution is 2.34. The SMILES string of the molecule is CC(=NCCc1ccc(F)cc1)Nc1ccc2c(c1)[C@@H](NC(=O)c1ccc(-c3c(F)cccc3F)cc1)[C@H](O)C2. The number of hydrogen-bond acceptors (Lipinski definition) is 3. The molecule has 0 saturated heterocycles. The average Bonchev–Trinajstić information content (AvgIpc) is 3.24. The number of carbonyl (C=O) groups excluding carboxylic acids is 1. The molecule has 0 fully saturated rings. The number of hydrogen-bond donors (Lipinski definition) is 3. The summed E-state index contributed by atoms with van der Waals surface area (Å²) in [6.07, 6.45) is 0.281. The maximum Gasteiger partial charge on any atom is 0.251 e. The van der Waals surface area contributed by atoms with Crippen LogP contribution in [-0.2, 0) is 12.8 Å². The minimum absolute atomic E-state index is 0.149. The number of nitrogens with zero attached hydrogens (tertiary/aromatic N) is 1. The Bertz CT molecular complexity index is 1530. The minimum Gasteiger partial charge on any atom is -0.390 e. The number of halogens is 3. The summed E-state index contributed by atoms with van der Waals surface area (Å²) in [5, 5.41) is 16.9. The maximum absolute atomic E-state index is 14.1. The molecule has 0 aliphatic heterocycles. The summed E-state index contributed by atoms with van der Waals surface area (Å²) in [5.41, 5.74) is 3.98. The van der Waals surface area contributed by atoms with Crippen LogP contribution in [0.25, 0.3) is 11.1 Å². The molecule has 0 unspecified atom stereocenters. The van der Waals surface area contributed by atoms with Crippen LogP contribution in [0, 0.1) is 17.5 Å². The van der Waals surface area contributed by atoms with Gasteiger partial charge >= 0.3 is 0 Å². The van der Waals surface area contributed by atoms with E-state index in [1.807, 2.05) is 25.1 Å². The molecule has 4 aromatic rings. The summed E-state index contributed by atoms with van der Waals surface area (Å²) < 4.78 is 41.3. The second kappa shape index (κ2) is 11.8. The molecule has 2 atom stereocenters. The van der Waals surface area contributed by atoms with Gasteiger partial charge in [-0.1, -0.05) is 36.4 Å². The van der Waals surface area contributed by atoms with Crippen LogP contribution in [-0.4, -0.2) is 29.5 Å². The molecule has 0 spiro atoms. The van der Waals surface area contributed by atoms with Gasteiger partial charge in [0.1, 0.15) is 17.5 Å². The van der Waals surface area contributed by atoms with Crippen molar-refractivity contribution in [3.63, 3.8) is 0 Å². The molecule has 8 heteroatoms. The third-order valence-corrected chi connectivity index (χ3v) is 6.97. The molecule has 5 rings (SSSR count). The quantitative estimate of drug-likeness (QED) is 0.191. The van der Waals surface area contributed by atoms with Crippen molar-refractivity contribution in [2.45, 2.75) is 31.9 Å². The predicted molar refractivity (Wildman–Crippen MR) is 150 cm³/mol. The Hall–Kier alpha value is -4.43. The number of amidine groups is 1. The van der Waals surface area contributed by atoms with E-state index in [1.165, 1.54) is 54.6 Å². The number of nitrogens with one attached hydrogen (secondary N) is 2. The number of aliphatic imine (C=N–C) groups is 1. The van der Waals surface area contributed by atoms with Gasteiger partial charge < -0.3 is 15.7 Å². The molecule has 0 bridgehead atoms. The molecule has 0 aromatic heterocycles. The van der Waals surface area contributed by atoms with E-state index in [0.717, 1.165) is 22.4 Å². The van der Waals surface area contributed by atoms with Crippen molar-refractivity contribution < 1.29 is 23.1 Å². The first kappa shape index (κ1) is 27.1. The first-order valence-electron chi connectivity index (χ1n) is 13.0. The molecular formula is C32H28F3N3O2. The second-order valence-corrected chi connectivity index (χ2v) is 9.78. The average molecular weight is 544 g/mol. The Labute approximate surface area is 230 Å². The number of aliphatic hydroxyl groups is 1. The van der Waals surface area contributed by atoms with Gasteiger partial charge in [-0.2, -0.15) is 0 Å². The van der Waals surface area contributed by atoms with Crippen molar-refractivity contribution in [1.82, 2.24) is 5.32 Å². The summed E-state index contributed by atoms with van der Waals surface area (Å²) in [6, 6.07) is 21.1. The first-order valence-corrected chi connectivity index (χ1v) is 13.0. The number of anilines is 1. The molecule has 1 aliphatic carbocycles. The number of benzene rings is 4. The predicted octanol–water partition coefficient (Wildman–Crippen LogP) is 6.23. The number of fused-ring (bicyclic) bond motifs is 1. The van der Waals surface area contributed by atoms with Gasteiger partial charge in [-0.25, -0.2) is 13.2 Å². The normalized spacial score (nSPS) is 16.5. The number of rotatable bonds is 7. The fourth-order valence-corrected chi connectivity index (χ4v) is 4.91. The van der Waals surface area contributed by atoms with Gasteiger partial charge in [0, 0.05) is 24.2 Å². The van der Waals surface area contributed by atoms with E-state index in [9.17, 15) is 23.1 Å². The van der Waals surface area contributed by atoms with Crippen LogP contribution in [0.1, 0.15) is 40.0 Å². The molecule has 3 N–H and O–H groups in total. The summed E-state index contributed by atoms with van der Waals surface area (Å²) in [6.45, 7) is 2.39. The van der Waals surface area contributed by atoms with Gasteiger partial charge in [0.15, 0.2) is 0 Å². The van der Waals surface area contributed by atoms with Crippen molar-refractivity contribution in [2.24, 2.45) is 4.99 Å². The Morgan fingerprint density at radius 3 is 2.35 bits per heavy atom. The Balaban J connectivity index is 1.25. The van der Waals surface area contributed by atoms with Crippen LogP contribution >= 0.6 is 0 Å². The lowest BCUT2D eigenvalue weighted by Crippen LogP contribution is -2.33. The molecule has 1 amide bonds. The number of amides is 1. The van der Waals surface area contributed by atoms with E-state index >= 15 is 0 Å². The van der Waals surface area contributed by atoms with Gasteiger partial charge in [-0.15, -0.1) is 0 Å². The lowest BCUT2D eigenvalue weighted by atomic mass is 10.0. The fourth-order valence-electron chi connectivity index (χ4n) is 4.91. The molecular weight excluding hydrogens is 515 g/mol. The van der Waals surface area contributed by atoms with E-state index in [2.05, 4.69) is 15.6 Å². The van der Waals surface area contributed by atoms with E-state index in [-0.39, 0.29) is 11.4 Å². The van der Waals surface area contributed by atoms with Crippen LogP contribution in [0.4, 0.5) is 18.9 Å². The van der Waals surface area contributed by atoms with Crippen molar-refractivity contribution in [2.75, 3.05) is 11.9 Å². The molecule has 0 saturated carbocycles. The summed E-state index contributed by atoms with van der Waals surface area (Å²) in [4.78, 5) is 17.6. The molecule has 0 heterocycles. The van der Waals surface area contributed by atoms with Crippen LogP contribution in [0.2, 0.25) is 0 Å². The van der Waals surface area contributed by atoms with Crippen LogP contribution in [0.15, 0.2) is 89.9 Å². The van der Waals surface area contributed by atoms with E-state index in [1.54, 1.807) is 12.1 Å². The standard InChI is InChI=1S/C32H28F3N3O2/c1-19(36-16-15-20-5-12-24(33)13-6-20)37-25-14-11-23-17-29(39)31(26(23)18-25)38-32(40)22-9-7-21(8-10-22)30-27(34)3-2-4-28(30)35/h2-14,18,29,31,39H,15-17H2,1H3,(H,36,37)(H,38,40)/t29-,31-/m1/s1. The smallest absolute Gasteiger partial charge is 0.251 e. The zero-order chi connectivity index (χ0) is 28.2. The fraction of sp³-hybridized carbons (Fsp3) is 0.188. The van der Waals surface area contributed by atoms with Crippen LogP contribution < -0.4 is 10.6 Å². The van der Waals surface area contributed by atoms with Crippen molar-refractivity contribution in [3.8, 4) is 11.1 Å². The monoisotopic (exact) mass is 543 g/mol. The van der Waals surface area contributed by atoms with E-state index in [0.29, 0.717) is 36.3 Å². The molecule has 40 heavy (non-hydrogen) atoms. The Morgan fingerprint density at radius 2 is 1.65 bits per heavy atom. The van der Waals surface area contributed by atoms with Crippen LogP contribution in [0.3, 0.4) is 0 Å². The summed E-state index contributed by atoms with van der Waals surface area (Å²) >= 11 is 0. The van der Waals surface area contributed by atoms with Crippen LogP contribution in [0.5, 0.6) is 0 Å². The maximum atomic E-state index is 14.1. The largest absolute Gasteiger partial charge is 0.390 e. The minimum atomic E-state index is -0.800. The molecule has 204 valence electrons. The van der Waals surface area contributed by atoms with Gasteiger partial charge in [-0.05, 0) is 84.1 Å². The van der Waals surface area contributed by atoms with Crippen molar-refractivity contribution in [1.29, 1.82) is 0 Å². The van der Waals surface area contributed by atoms with Crippen molar-refractivity contribution in [3.05, 3.63) is 125 Å². The number of aliphatic hydroxyl groups excluding tert-OH is 1. The highest BCUT2D eigenvalue weighted by atomic mass is 19.1. The summed E-state index contributed by atoms with van der Waals surface area (Å²) in [5.74, 6) is -1.33. The first-order chi connectivity index (χ1) is 19.3. The highest BCUT2D eigenvalue weighted by Gasteiger charge is 2.32. The molecule has 4 aromatic carbocycles. The molecule has 5 nitrogen and oxygen atoms in total. The van der Waals surface area contributed by atoms with Gasteiger partial charge in [-0.3, -0.25) is 9.79 Å².